The largest absolute Gasteiger partial charge is 0.506 e. The number of benzene rings is 2. The summed E-state index contributed by atoms with van der Waals surface area (Å²) in [5.41, 5.74) is 7.42. The van der Waals surface area contributed by atoms with E-state index in [1.165, 1.54) is 21.6 Å². The van der Waals surface area contributed by atoms with E-state index in [9.17, 15) is 14.7 Å². The first kappa shape index (κ1) is 22.7. The van der Waals surface area contributed by atoms with Crippen LogP contribution in [0.15, 0.2) is 71.9 Å². The lowest BCUT2D eigenvalue weighted by atomic mass is 9.96. The molecule has 0 aliphatic rings. The van der Waals surface area contributed by atoms with Crippen molar-refractivity contribution < 1.29 is 19.4 Å². The predicted molar refractivity (Wildman–Crippen MR) is 129 cm³/mol. The highest BCUT2D eigenvalue weighted by Crippen LogP contribution is 2.38. The maximum atomic E-state index is 11.7. The highest BCUT2D eigenvalue weighted by atomic mass is 33.1. The monoisotopic (exact) mass is 480 g/mol. The number of ether oxygens (including phenoxy) is 1. The molecule has 0 spiro atoms. The van der Waals surface area contributed by atoms with Crippen LogP contribution >= 0.6 is 21.6 Å². The number of imidazole rings is 1. The molecular formula is C23H20N4O4S2. The lowest BCUT2D eigenvalue weighted by molar-refractivity contribution is 0.00416. The zero-order valence-electron chi connectivity index (χ0n) is 17.5. The Labute approximate surface area is 197 Å². The number of rotatable bonds is 8. The maximum absolute atomic E-state index is 11.7. The lowest BCUT2D eigenvalue weighted by Gasteiger charge is -2.28. The summed E-state index contributed by atoms with van der Waals surface area (Å²) >= 11 is 0. The van der Waals surface area contributed by atoms with Crippen molar-refractivity contribution in [2.45, 2.75) is 17.6 Å². The smallest absolute Gasteiger partial charge is 0.450 e. The second kappa shape index (κ2) is 9.55. The Morgan fingerprint density at radius 3 is 2.58 bits per heavy atom. The average molecular weight is 481 g/mol. The summed E-state index contributed by atoms with van der Waals surface area (Å²) in [4.78, 5) is 35.1. The van der Waals surface area contributed by atoms with Crippen LogP contribution in [0.2, 0.25) is 0 Å². The van der Waals surface area contributed by atoms with Gasteiger partial charge in [-0.25, -0.2) is 14.8 Å². The van der Waals surface area contributed by atoms with Crippen molar-refractivity contribution in [3.63, 3.8) is 0 Å². The Kier molecular flexibility index (Phi) is 6.57. The Morgan fingerprint density at radius 1 is 1.12 bits per heavy atom. The van der Waals surface area contributed by atoms with Crippen LogP contribution < -0.4 is 5.73 Å². The third-order valence-corrected chi connectivity index (χ3v) is 7.39. The SMILES string of the molecule is CC(CSSc1ccccn1)(OC(=O)O)c1ccc(-c2nc3c(C(N)=O)cccc3[nH]2)cc1. The Bertz CT molecular complexity index is 1300. The van der Waals surface area contributed by atoms with Crippen molar-refractivity contribution in [2.75, 3.05) is 5.75 Å². The minimum Gasteiger partial charge on any atom is -0.450 e. The first-order valence-corrected chi connectivity index (χ1v) is 12.2. The topological polar surface area (TPSA) is 131 Å². The van der Waals surface area contributed by atoms with Gasteiger partial charge in [0.1, 0.15) is 22.0 Å². The molecule has 4 aromatic rings. The molecule has 2 heterocycles. The molecule has 4 N–H and O–H groups in total. The van der Waals surface area contributed by atoms with E-state index < -0.39 is 17.7 Å². The summed E-state index contributed by atoms with van der Waals surface area (Å²) < 4.78 is 5.28. The summed E-state index contributed by atoms with van der Waals surface area (Å²) in [6.45, 7) is 1.74. The van der Waals surface area contributed by atoms with Gasteiger partial charge in [-0.3, -0.25) is 4.79 Å². The van der Waals surface area contributed by atoms with E-state index in [0.717, 1.165) is 10.6 Å². The fraction of sp³-hybridized carbons (Fsp3) is 0.130. The summed E-state index contributed by atoms with van der Waals surface area (Å²) in [6.07, 6.45) is 0.361. The second-order valence-corrected chi connectivity index (χ2v) is 9.66. The van der Waals surface area contributed by atoms with Gasteiger partial charge in [0.2, 0.25) is 0 Å². The summed E-state index contributed by atoms with van der Waals surface area (Å²) in [5, 5.41) is 10.1. The van der Waals surface area contributed by atoms with Crippen LogP contribution in [0.25, 0.3) is 22.4 Å². The molecule has 0 fully saturated rings. The number of carbonyl (C=O) groups excluding carboxylic acids is 1. The Hall–Kier alpha value is -3.50. The third kappa shape index (κ3) is 5.12. The van der Waals surface area contributed by atoms with Gasteiger partial charge in [-0.05, 0) is 47.5 Å². The number of hydrogen-bond acceptors (Lipinski definition) is 7. The van der Waals surface area contributed by atoms with Crippen molar-refractivity contribution in [3.05, 3.63) is 78.0 Å². The number of amides is 1. The second-order valence-electron chi connectivity index (χ2n) is 7.34. The molecule has 2 aromatic carbocycles. The number of para-hydroxylation sites is 1. The molecule has 8 nitrogen and oxygen atoms in total. The number of fused-ring (bicyclic) bond motifs is 1. The molecule has 0 saturated carbocycles. The normalized spacial score (nSPS) is 12.9. The standard InChI is InChI=1S/C23H20N4O4S2/c1-23(31-22(29)30,13-32-33-18-7-2-3-12-25-18)15-10-8-14(9-11-15)21-26-17-6-4-5-16(20(24)28)19(17)27-21/h2-12H,13H2,1H3,(H2,24,28)(H,26,27)(H,29,30). The zero-order valence-corrected chi connectivity index (χ0v) is 19.2. The van der Waals surface area contributed by atoms with Crippen LogP contribution in [0.3, 0.4) is 0 Å². The van der Waals surface area contributed by atoms with Gasteiger partial charge >= 0.3 is 6.16 Å². The first-order valence-electron chi connectivity index (χ1n) is 9.87. The summed E-state index contributed by atoms with van der Waals surface area (Å²) in [7, 11) is 2.92. The maximum Gasteiger partial charge on any atom is 0.506 e. The van der Waals surface area contributed by atoms with Crippen molar-refractivity contribution in [2.24, 2.45) is 5.73 Å². The van der Waals surface area contributed by atoms with E-state index >= 15 is 0 Å². The first-order chi connectivity index (χ1) is 15.9. The molecule has 2 aromatic heterocycles. The molecule has 0 radical (unpaired) electrons. The highest BCUT2D eigenvalue weighted by molar-refractivity contribution is 8.76. The number of H-pyrrole nitrogens is 1. The van der Waals surface area contributed by atoms with Crippen LogP contribution in [-0.2, 0) is 10.3 Å². The van der Waals surface area contributed by atoms with Crippen LogP contribution in [0.4, 0.5) is 4.79 Å². The van der Waals surface area contributed by atoms with Gasteiger partial charge in [0.05, 0.1) is 11.1 Å². The minimum absolute atomic E-state index is 0.344. The predicted octanol–water partition coefficient (Wildman–Crippen LogP) is 5.07. The number of hydrogen-bond donors (Lipinski definition) is 3. The van der Waals surface area contributed by atoms with E-state index in [1.807, 2.05) is 48.5 Å². The number of aromatic amines is 1. The van der Waals surface area contributed by atoms with Gasteiger partial charge in [-0.15, -0.1) is 0 Å². The summed E-state index contributed by atoms with van der Waals surface area (Å²) in [5.74, 6) is 0.412. The lowest BCUT2D eigenvalue weighted by Crippen LogP contribution is -2.31. The molecule has 0 aliphatic carbocycles. The molecule has 1 unspecified atom stereocenters. The molecule has 0 saturated heterocycles. The number of nitrogens with zero attached hydrogens (tertiary/aromatic N) is 2. The number of primary amides is 1. The van der Waals surface area contributed by atoms with Gasteiger partial charge < -0.3 is 20.6 Å². The molecule has 0 bridgehead atoms. The van der Waals surface area contributed by atoms with Crippen molar-refractivity contribution >= 4 is 44.7 Å². The number of nitrogens with one attached hydrogen (secondary N) is 1. The molecule has 10 heteroatoms. The van der Waals surface area contributed by atoms with Crippen molar-refractivity contribution in [3.8, 4) is 11.4 Å². The van der Waals surface area contributed by atoms with Crippen molar-refractivity contribution in [1.29, 1.82) is 0 Å². The molecule has 33 heavy (non-hydrogen) atoms. The zero-order chi connectivity index (χ0) is 23.4. The molecular weight excluding hydrogens is 460 g/mol. The van der Waals surface area contributed by atoms with E-state index in [4.69, 9.17) is 10.5 Å². The molecule has 168 valence electrons. The van der Waals surface area contributed by atoms with Gasteiger partial charge in [-0.1, -0.05) is 47.2 Å². The van der Waals surface area contributed by atoms with Gasteiger partial charge in [0.25, 0.3) is 5.91 Å². The van der Waals surface area contributed by atoms with Crippen LogP contribution in [0.1, 0.15) is 22.8 Å². The minimum atomic E-state index is -1.35. The van der Waals surface area contributed by atoms with E-state index in [0.29, 0.717) is 33.7 Å². The fourth-order valence-corrected chi connectivity index (χ4v) is 5.69. The molecule has 1 amide bonds. The molecule has 4 rings (SSSR count). The van der Waals surface area contributed by atoms with Gasteiger partial charge in [0.15, 0.2) is 0 Å². The van der Waals surface area contributed by atoms with Crippen LogP contribution in [0.5, 0.6) is 0 Å². The fourth-order valence-electron chi connectivity index (χ4n) is 3.31. The number of carboxylic acid groups (broad SMARTS) is 1. The van der Waals surface area contributed by atoms with E-state index in [-0.39, 0.29) is 0 Å². The quantitative estimate of drug-likeness (QED) is 0.235. The van der Waals surface area contributed by atoms with Crippen LogP contribution in [-0.4, -0.2) is 37.9 Å². The highest BCUT2D eigenvalue weighted by Gasteiger charge is 2.32. The molecule has 1 atom stereocenters. The number of aromatic nitrogens is 3. The molecule has 0 aliphatic heterocycles. The summed E-state index contributed by atoms with van der Waals surface area (Å²) in [6, 6.07) is 18.1. The Morgan fingerprint density at radius 2 is 1.91 bits per heavy atom. The number of carbonyl (C=O) groups is 2. The van der Waals surface area contributed by atoms with Crippen LogP contribution in [0, 0.1) is 0 Å². The van der Waals surface area contributed by atoms with E-state index in [2.05, 4.69) is 15.0 Å². The van der Waals surface area contributed by atoms with Crippen molar-refractivity contribution in [1.82, 2.24) is 15.0 Å². The number of nitrogens with two attached hydrogens (primary N) is 1. The Balaban J connectivity index is 1.57. The number of pyridine rings is 1. The van der Waals surface area contributed by atoms with Gasteiger partial charge in [0, 0.05) is 17.5 Å². The third-order valence-electron chi connectivity index (χ3n) is 4.98. The average Bonchev–Trinajstić information content (AvgIpc) is 3.24. The van der Waals surface area contributed by atoms with Gasteiger partial charge in [-0.2, -0.15) is 0 Å². The van der Waals surface area contributed by atoms with E-state index in [1.54, 1.807) is 25.3 Å².